The van der Waals surface area contributed by atoms with E-state index in [2.05, 4.69) is 47.6 Å². The third-order valence-corrected chi connectivity index (χ3v) is 12.1. The molecular formula is C32H53ClO2. The summed E-state index contributed by atoms with van der Waals surface area (Å²) in [5.74, 6) is 5.76. The zero-order valence-corrected chi connectivity index (χ0v) is 24.5. The third-order valence-electron chi connectivity index (χ3n) is 11.9. The number of hydrogen-bond acceptors (Lipinski definition) is 2. The molecule has 0 spiro atoms. The SMILES string of the molecule is CC[C@H](CC[C@@H](C)[C@H]1CC[C@H]2[C@@H]3CC=C4C[C@@H](OC(=O)C(C)Cl)CC[C@]4(C)[C@H]3CC[C@]12C)C(C)C. The van der Waals surface area contributed by atoms with Crippen LogP contribution in [0.25, 0.3) is 0 Å². The Hall–Kier alpha value is -0.500. The summed E-state index contributed by atoms with van der Waals surface area (Å²) in [7, 11) is 0. The van der Waals surface area contributed by atoms with Crippen molar-refractivity contribution in [2.45, 2.75) is 131 Å². The highest BCUT2D eigenvalue weighted by atomic mass is 35.5. The van der Waals surface area contributed by atoms with Crippen molar-refractivity contribution in [3.63, 3.8) is 0 Å². The number of carbonyl (C=O) groups is 1. The Morgan fingerprint density at radius 3 is 2.46 bits per heavy atom. The quantitative estimate of drug-likeness (QED) is 0.187. The van der Waals surface area contributed by atoms with Gasteiger partial charge in [-0.05, 0) is 111 Å². The van der Waals surface area contributed by atoms with Crippen LogP contribution in [0.1, 0.15) is 119 Å². The zero-order chi connectivity index (χ0) is 25.5. The summed E-state index contributed by atoms with van der Waals surface area (Å²) < 4.78 is 5.76. The van der Waals surface area contributed by atoms with E-state index in [1.807, 2.05) is 0 Å². The lowest BCUT2D eigenvalue weighted by molar-refractivity contribution is -0.150. The van der Waals surface area contributed by atoms with Gasteiger partial charge >= 0.3 is 5.97 Å². The number of carbonyl (C=O) groups excluding carboxylic acids is 1. The molecule has 0 N–H and O–H groups in total. The summed E-state index contributed by atoms with van der Waals surface area (Å²) in [5.41, 5.74) is 2.41. The first kappa shape index (κ1) is 27.5. The van der Waals surface area contributed by atoms with Crippen LogP contribution in [-0.4, -0.2) is 17.5 Å². The number of ether oxygens (including phenoxy) is 1. The first-order valence-corrected chi connectivity index (χ1v) is 15.5. The van der Waals surface area contributed by atoms with Crippen LogP contribution in [0.2, 0.25) is 0 Å². The number of hydrogen-bond donors (Lipinski definition) is 0. The van der Waals surface area contributed by atoms with Crippen molar-refractivity contribution in [3.05, 3.63) is 11.6 Å². The Labute approximate surface area is 221 Å². The molecule has 200 valence electrons. The second-order valence-electron chi connectivity index (χ2n) is 13.9. The molecule has 4 aliphatic rings. The van der Waals surface area contributed by atoms with Crippen LogP contribution >= 0.6 is 11.6 Å². The molecule has 0 radical (unpaired) electrons. The number of allylic oxidation sites excluding steroid dienone is 1. The molecule has 10 atom stereocenters. The van der Waals surface area contributed by atoms with Crippen molar-refractivity contribution in [2.75, 3.05) is 0 Å². The minimum absolute atomic E-state index is 0.0166. The highest BCUT2D eigenvalue weighted by Gasteiger charge is 2.59. The molecule has 0 amide bonds. The Morgan fingerprint density at radius 1 is 1.06 bits per heavy atom. The van der Waals surface area contributed by atoms with E-state index in [-0.39, 0.29) is 12.1 Å². The van der Waals surface area contributed by atoms with Gasteiger partial charge < -0.3 is 4.74 Å². The van der Waals surface area contributed by atoms with Gasteiger partial charge in [0, 0.05) is 6.42 Å². The highest BCUT2D eigenvalue weighted by molar-refractivity contribution is 6.29. The summed E-state index contributed by atoms with van der Waals surface area (Å²) in [5, 5.41) is -0.556. The zero-order valence-electron chi connectivity index (χ0n) is 23.7. The number of fused-ring (bicyclic) bond motifs is 5. The highest BCUT2D eigenvalue weighted by Crippen LogP contribution is 2.67. The first-order chi connectivity index (χ1) is 16.5. The molecule has 0 heterocycles. The molecule has 0 aromatic rings. The standard InChI is InChI=1S/C32H53ClO2/c1-8-23(20(2)3)10-9-21(4)27-13-14-28-26-12-11-24-19-25(35-30(34)22(5)33)15-17-31(24,6)29(26)16-18-32(27,28)7/h11,20-23,25-29H,8-10,12-19H2,1-7H3/t21-,22?,23-,25+,26+,27-,28+,29+,31+,32-/m1/s1. The monoisotopic (exact) mass is 504 g/mol. The molecule has 1 unspecified atom stereocenters. The molecule has 3 saturated carbocycles. The molecule has 0 aromatic carbocycles. The predicted octanol–water partition coefficient (Wildman–Crippen LogP) is 9.20. The average Bonchev–Trinajstić information content (AvgIpc) is 3.16. The average molecular weight is 505 g/mol. The maximum Gasteiger partial charge on any atom is 0.324 e. The first-order valence-electron chi connectivity index (χ1n) is 15.0. The summed E-state index contributed by atoms with van der Waals surface area (Å²) >= 11 is 5.97. The van der Waals surface area contributed by atoms with Gasteiger partial charge in [0.2, 0.25) is 0 Å². The fourth-order valence-electron chi connectivity index (χ4n) is 9.65. The van der Waals surface area contributed by atoms with E-state index >= 15 is 0 Å². The Morgan fingerprint density at radius 2 is 1.80 bits per heavy atom. The molecule has 0 saturated heterocycles. The van der Waals surface area contributed by atoms with Crippen molar-refractivity contribution in [2.24, 2.45) is 52.3 Å². The molecule has 0 bridgehead atoms. The lowest BCUT2D eigenvalue weighted by Crippen LogP contribution is -2.51. The second kappa shape index (κ2) is 10.7. The Bertz CT molecular complexity index is 786. The largest absolute Gasteiger partial charge is 0.461 e. The van der Waals surface area contributed by atoms with E-state index in [1.54, 1.807) is 12.5 Å². The van der Waals surface area contributed by atoms with E-state index in [0.29, 0.717) is 10.8 Å². The summed E-state index contributed by atoms with van der Waals surface area (Å²) in [4.78, 5) is 12.1. The van der Waals surface area contributed by atoms with Crippen molar-refractivity contribution in [3.8, 4) is 0 Å². The number of halogens is 1. The lowest BCUT2D eigenvalue weighted by atomic mass is 9.47. The molecule has 4 aliphatic carbocycles. The second-order valence-corrected chi connectivity index (χ2v) is 14.5. The van der Waals surface area contributed by atoms with Gasteiger partial charge in [0.1, 0.15) is 11.5 Å². The topological polar surface area (TPSA) is 26.3 Å². The van der Waals surface area contributed by atoms with Crippen molar-refractivity contribution >= 4 is 17.6 Å². The maximum atomic E-state index is 12.1. The third kappa shape index (κ3) is 5.13. The van der Waals surface area contributed by atoms with Crippen LogP contribution in [0, 0.1) is 52.3 Å². The van der Waals surface area contributed by atoms with Gasteiger partial charge in [-0.25, -0.2) is 0 Å². The van der Waals surface area contributed by atoms with Crippen LogP contribution in [0.3, 0.4) is 0 Å². The van der Waals surface area contributed by atoms with Gasteiger partial charge in [0.15, 0.2) is 0 Å². The molecule has 0 aliphatic heterocycles. The van der Waals surface area contributed by atoms with Crippen LogP contribution in [0.15, 0.2) is 11.6 Å². The molecular weight excluding hydrogens is 452 g/mol. The minimum Gasteiger partial charge on any atom is -0.461 e. The van der Waals surface area contributed by atoms with Crippen LogP contribution in [0.5, 0.6) is 0 Å². The van der Waals surface area contributed by atoms with Gasteiger partial charge in [0.05, 0.1) is 0 Å². The number of rotatable bonds is 8. The lowest BCUT2D eigenvalue weighted by Gasteiger charge is -2.58. The van der Waals surface area contributed by atoms with Crippen LogP contribution < -0.4 is 0 Å². The fourth-order valence-corrected chi connectivity index (χ4v) is 9.70. The summed E-state index contributed by atoms with van der Waals surface area (Å²) in [6.45, 7) is 16.7. The molecule has 3 heteroatoms. The van der Waals surface area contributed by atoms with Crippen LogP contribution in [0.4, 0.5) is 0 Å². The predicted molar refractivity (Wildman–Crippen MR) is 147 cm³/mol. The van der Waals surface area contributed by atoms with Gasteiger partial charge in [-0.3, -0.25) is 4.79 Å². The maximum absolute atomic E-state index is 12.1. The van der Waals surface area contributed by atoms with Gasteiger partial charge in [0.25, 0.3) is 0 Å². The van der Waals surface area contributed by atoms with E-state index in [4.69, 9.17) is 16.3 Å². The molecule has 35 heavy (non-hydrogen) atoms. The number of alkyl halides is 1. The van der Waals surface area contributed by atoms with Crippen molar-refractivity contribution < 1.29 is 9.53 Å². The number of esters is 1. The smallest absolute Gasteiger partial charge is 0.324 e. The van der Waals surface area contributed by atoms with Gasteiger partial charge in [-0.15, -0.1) is 11.6 Å². The fraction of sp³-hybridized carbons (Fsp3) is 0.906. The van der Waals surface area contributed by atoms with E-state index in [9.17, 15) is 4.79 Å². The van der Waals surface area contributed by atoms with Gasteiger partial charge in [-0.1, -0.05) is 66.0 Å². The molecule has 4 rings (SSSR count). The Kier molecular flexibility index (Phi) is 8.42. The van der Waals surface area contributed by atoms with E-state index < -0.39 is 5.38 Å². The van der Waals surface area contributed by atoms with Gasteiger partial charge in [-0.2, -0.15) is 0 Å². The summed E-state index contributed by atoms with van der Waals surface area (Å²) in [6.07, 6.45) is 16.8. The molecule has 2 nitrogen and oxygen atoms in total. The van der Waals surface area contributed by atoms with E-state index in [0.717, 1.165) is 60.7 Å². The summed E-state index contributed by atoms with van der Waals surface area (Å²) in [6, 6.07) is 0. The normalized spacial score (nSPS) is 41.3. The molecule has 0 aromatic heterocycles. The van der Waals surface area contributed by atoms with Crippen LogP contribution in [-0.2, 0) is 9.53 Å². The Balaban J connectivity index is 1.44. The molecule has 3 fully saturated rings. The van der Waals surface area contributed by atoms with E-state index in [1.165, 1.54) is 51.4 Å². The van der Waals surface area contributed by atoms with Crippen molar-refractivity contribution in [1.29, 1.82) is 0 Å². The van der Waals surface area contributed by atoms with Crippen molar-refractivity contribution in [1.82, 2.24) is 0 Å². The minimum atomic E-state index is -0.556.